The molecule has 0 saturated carbocycles. The van der Waals surface area contributed by atoms with Crippen LogP contribution in [0.4, 0.5) is 0 Å². The highest BCUT2D eigenvalue weighted by Gasteiger charge is 2.24. The minimum atomic E-state index is -0.130. The van der Waals surface area contributed by atoms with Crippen molar-refractivity contribution in [3.63, 3.8) is 0 Å². The molecule has 0 aromatic carbocycles. The number of nitrogens with one attached hydrogen (secondary N) is 1. The van der Waals surface area contributed by atoms with Gasteiger partial charge in [0, 0.05) is 13.1 Å². The van der Waals surface area contributed by atoms with Crippen molar-refractivity contribution >= 4 is 11.0 Å². The fourth-order valence-electron chi connectivity index (χ4n) is 2.19. The van der Waals surface area contributed by atoms with E-state index >= 15 is 0 Å². The number of aryl methyl sites for hydroxylation is 1. The van der Waals surface area contributed by atoms with Gasteiger partial charge in [-0.2, -0.15) is 5.10 Å². The number of hydrogen-bond acceptors (Lipinski definition) is 4. The Labute approximate surface area is 118 Å². The molecule has 0 fully saturated rings. The molecule has 2 heterocycles. The van der Waals surface area contributed by atoms with Crippen LogP contribution in [0.25, 0.3) is 11.0 Å². The van der Waals surface area contributed by atoms with Crippen LogP contribution in [0.1, 0.15) is 33.5 Å². The summed E-state index contributed by atoms with van der Waals surface area (Å²) in [4.78, 5) is 21.5. The van der Waals surface area contributed by atoms with E-state index in [1.165, 1.54) is 0 Å². The minimum absolute atomic E-state index is 0.130. The second kappa shape index (κ2) is 5.01. The van der Waals surface area contributed by atoms with E-state index in [-0.39, 0.29) is 11.0 Å². The van der Waals surface area contributed by atoms with Crippen LogP contribution in [0.15, 0.2) is 11.0 Å². The normalized spacial score (nSPS) is 14.2. The van der Waals surface area contributed by atoms with Gasteiger partial charge in [0.05, 0.1) is 12.7 Å². The second-order valence-corrected chi connectivity index (χ2v) is 6.48. The third kappa shape index (κ3) is 2.75. The molecule has 2 aromatic rings. The van der Waals surface area contributed by atoms with Crippen molar-refractivity contribution in [2.75, 3.05) is 7.05 Å². The van der Waals surface area contributed by atoms with E-state index in [4.69, 9.17) is 0 Å². The van der Waals surface area contributed by atoms with E-state index < -0.39 is 0 Å². The van der Waals surface area contributed by atoms with Crippen molar-refractivity contribution in [2.45, 2.75) is 40.3 Å². The number of rotatable bonds is 3. The minimum Gasteiger partial charge on any atom is -0.309 e. The lowest BCUT2D eigenvalue weighted by molar-refractivity contribution is 0.132. The molecule has 1 atom stereocenters. The Balaban J connectivity index is 2.30. The van der Waals surface area contributed by atoms with Crippen LogP contribution >= 0.6 is 0 Å². The molecule has 0 unspecified atom stereocenters. The van der Waals surface area contributed by atoms with Gasteiger partial charge < -0.3 is 4.98 Å². The third-order valence-corrected chi connectivity index (χ3v) is 3.96. The molecule has 0 aliphatic carbocycles. The molecule has 0 spiro atoms. The van der Waals surface area contributed by atoms with Crippen molar-refractivity contribution in [1.29, 1.82) is 0 Å². The third-order valence-electron chi connectivity index (χ3n) is 3.96. The molecule has 6 heteroatoms. The van der Waals surface area contributed by atoms with E-state index in [2.05, 4.69) is 47.7 Å². The Bertz CT molecular complexity index is 664. The molecule has 1 N–H and O–H groups in total. The fourth-order valence-corrected chi connectivity index (χ4v) is 2.19. The van der Waals surface area contributed by atoms with E-state index in [0.29, 0.717) is 29.4 Å². The smallest absolute Gasteiger partial charge is 0.262 e. The molecule has 0 amide bonds. The topological polar surface area (TPSA) is 66.8 Å². The molecule has 2 aromatic heterocycles. The highest BCUT2D eigenvalue weighted by atomic mass is 16.1. The predicted molar refractivity (Wildman–Crippen MR) is 79.5 cm³/mol. The summed E-state index contributed by atoms with van der Waals surface area (Å²) in [6.45, 7) is 9.40. The highest BCUT2D eigenvalue weighted by molar-refractivity contribution is 5.72. The first-order valence-electron chi connectivity index (χ1n) is 6.81. The summed E-state index contributed by atoms with van der Waals surface area (Å²) in [5, 5.41) is 4.60. The van der Waals surface area contributed by atoms with E-state index in [0.717, 1.165) is 0 Å². The number of aromatic nitrogens is 4. The van der Waals surface area contributed by atoms with Gasteiger partial charge in [0.15, 0.2) is 5.65 Å². The van der Waals surface area contributed by atoms with Gasteiger partial charge in [-0.25, -0.2) is 4.98 Å². The molecular weight excluding hydrogens is 254 g/mol. The Morgan fingerprint density at radius 2 is 2.10 bits per heavy atom. The second-order valence-electron chi connectivity index (χ2n) is 6.48. The monoisotopic (exact) mass is 277 g/mol. The van der Waals surface area contributed by atoms with Crippen molar-refractivity contribution in [2.24, 2.45) is 12.5 Å². The standard InChI is InChI=1S/C14H23N5O/c1-9(14(2,3)4)18(5)8-11-16-12-10(13(20)17-11)7-15-19(12)6/h7,9H,8H2,1-6H3,(H,16,17,20)/t9-/m1/s1. The van der Waals surface area contributed by atoms with E-state index in [9.17, 15) is 4.79 Å². The average molecular weight is 277 g/mol. The van der Waals surface area contributed by atoms with Crippen LogP contribution in [-0.2, 0) is 13.6 Å². The van der Waals surface area contributed by atoms with Crippen LogP contribution < -0.4 is 5.56 Å². The van der Waals surface area contributed by atoms with Crippen LogP contribution in [0.5, 0.6) is 0 Å². The van der Waals surface area contributed by atoms with Gasteiger partial charge in [0.25, 0.3) is 5.56 Å². The van der Waals surface area contributed by atoms with Gasteiger partial charge in [-0.15, -0.1) is 0 Å². The molecule has 0 saturated heterocycles. The van der Waals surface area contributed by atoms with Gasteiger partial charge in [0.1, 0.15) is 11.2 Å². The molecule has 2 rings (SSSR count). The summed E-state index contributed by atoms with van der Waals surface area (Å²) in [6, 6.07) is 0.370. The van der Waals surface area contributed by atoms with E-state index in [1.54, 1.807) is 17.9 Å². The number of hydrogen-bond donors (Lipinski definition) is 1. The Hall–Kier alpha value is -1.69. The first-order chi connectivity index (χ1) is 9.20. The van der Waals surface area contributed by atoms with Gasteiger partial charge in [0.2, 0.25) is 0 Å². The zero-order valence-corrected chi connectivity index (χ0v) is 13.1. The number of H-pyrrole nitrogens is 1. The Morgan fingerprint density at radius 1 is 1.45 bits per heavy atom. The molecule has 0 radical (unpaired) electrons. The zero-order chi connectivity index (χ0) is 15.1. The van der Waals surface area contributed by atoms with Gasteiger partial charge in [-0.05, 0) is 19.4 Å². The van der Waals surface area contributed by atoms with Gasteiger partial charge in [-0.1, -0.05) is 20.8 Å². The summed E-state index contributed by atoms with van der Waals surface area (Å²) in [6.07, 6.45) is 1.55. The van der Waals surface area contributed by atoms with Crippen LogP contribution in [-0.4, -0.2) is 37.7 Å². The van der Waals surface area contributed by atoms with Crippen LogP contribution in [0.2, 0.25) is 0 Å². The van der Waals surface area contributed by atoms with Crippen molar-refractivity contribution in [3.8, 4) is 0 Å². The molecule has 0 aliphatic rings. The number of fused-ring (bicyclic) bond motifs is 1. The number of aromatic amines is 1. The summed E-state index contributed by atoms with van der Waals surface area (Å²) in [7, 11) is 3.84. The number of nitrogens with zero attached hydrogens (tertiary/aromatic N) is 4. The Morgan fingerprint density at radius 3 is 2.70 bits per heavy atom. The molecule has 0 bridgehead atoms. The maximum atomic E-state index is 12.0. The SMILES string of the molecule is C[C@@H](N(C)Cc1nc2c(cnn2C)c(=O)[nH]1)C(C)(C)C. The van der Waals surface area contributed by atoms with Crippen LogP contribution in [0.3, 0.4) is 0 Å². The molecular formula is C14H23N5O. The summed E-state index contributed by atoms with van der Waals surface area (Å²) < 4.78 is 1.63. The van der Waals surface area contributed by atoms with E-state index in [1.807, 2.05) is 7.05 Å². The lowest BCUT2D eigenvalue weighted by atomic mass is 9.87. The van der Waals surface area contributed by atoms with Crippen molar-refractivity contribution in [1.82, 2.24) is 24.6 Å². The average Bonchev–Trinajstić information content (AvgIpc) is 2.69. The van der Waals surface area contributed by atoms with Crippen molar-refractivity contribution in [3.05, 3.63) is 22.4 Å². The summed E-state index contributed by atoms with van der Waals surface area (Å²) in [5.41, 5.74) is 0.668. The maximum Gasteiger partial charge on any atom is 0.262 e. The summed E-state index contributed by atoms with van der Waals surface area (Å²) in [5.74, 6) is 0.671. The molecule has 0 aliphatic heterocycles. The maximum absolute atomic E-state index is 12.0. The van der Waals surface area contributed by atoms with Gasteiger partial charge in [-0.3, -0.25) is 14.4 Å². The lowest BCUT2D eigenvalue weighted by Crippen LogP contribution is -2.39. The zero-order valence-electron chi connectivity index (χ0n) is 13.1. The van der Waals surface area contributed by atoms with Crippen LogP contribution in [0, 0.1) is 5.41 Å². The molecule has 110 valence electrons. The van der Waals surface area contributed by atoms with Gasteiger partial charge >= 0.3 is 0 Å². The predicted octanol–water partition coefficient (Wildman–Crippen LogP) is 1.52. The van der Waals surface area contributed by atoms with Crippen molar-refractivity contribution < 1.29 is 0 Å². The molecule has 6 nitrogen and oxygen atoms in total. The quantitative estimate of drug-likeness (QED) is 0.923. The summed E-state index contributed by atoms with van der Waals surface area (Å²) >= 11 is 0. The Kier molecular flexibility index (Phi) is 3.69. The first kappa shape index (κ1) is 14.7. The molecule has 20 heavy (non-hydrogen) atoms. The first-order valence-corrected chi connectivity index (χ1v) is 6.81. The highest BCUT2D eigenvalue weighted by Crippen LogP contribution is 2.23. The fraction of sp³-hybridized carbons (Fsp3) is 0.643. The largest absolute Gasteiger partial charge is 0.309 e. The lowest BCUT2D eigenvalue weighted by Gasteiger charge is -2.35.